The third kappa shape index (κ3) is 2.90. The van der Waals surface area contributed by atoms with Crippen LogP contribution in [0.3, 0.4) is 0 Å². The van der Waals surface area contributed by atoms with Crippen molar-refractivity contribution >= 4 is 11.6 Å². The highest BCUT2D eigenvalue weighted by Gasteiger charge is 2.08. The first-order valence-corrected chi connectivity index (χ1v) is 6.12. The molecule has 1 aromatic carbocycles. The van der Waals surface area contributed by atoms with Gasteiger partial charge in [0.1, 0.15) is 11.5 Å². The Morgan fingerprint density at radius 3 is 2.68 bits per heavy atom. The van der Waals surface area contributed by atoms with Crippen molar-refractivity contribution < 1.29 is 9.84 Å². The van der Waals surface area contributed by atoms with Crippen LogP contribution in [0.25, 0.3) is 0 Å². The highest BCUT2D eigenvalue weighted by atomic mass is 35.5. The molecule has 0 bridgehead atoms. The number of rotatable bonds is 3. The SMILES string of the molecule is COc1ccc(Cl)cc1Cn1c(C)cc(O)cc1=O. The minimum Gasteiger partial charge on any atom is -0.508 e. The molecule has 4 nitrogen and oxygen atoms in total. The molecule has 0 spiro atoms. The Bertz CT molecular complexity index is 664. The van der Waals surface area contributed by atoms with Crippen LogP contribution in [0.15, 0.2) is 35.1 Å². The lowest BCUT2D eigenvalue weighted by molar-refractivity contribution is 0.408. The van der Waals surface area contributed by atoms with Crippen LogP contribution in [0.1, 0.15) is 11.3 Å². The summed E-state index contributed by atoms with van der Waals surface area (Å²) in [6.45, 7) is 2.10. The van der Waals surface area contributed by atoms with E-state index in [0.29, 0.717) is 23.0 Å². The molecule has 0 aliphatic rings. The predicted octanol–water partition coefficient (Wildman–Crippen LogP) is 2.57. The zero-order valence-electron chi connectivity index (χ0n) is 10.7. The number of benzene rings is 1. The number of nitrogens with zero attached hydrogens (tertiary/aromatic N) is 1. The molecule has 0 unspecified atom stereocenters. The molecular weight excluding hydrogens is 266 g/mol. The Balaban J connectivity index is 2.47. The highest BCUT2D eigenvalue weighted by Crippen LogP contribution is 2.23. The zero-order chi connectivity index (χ0) is 14.0. The molecular formula is C14H14ClNO3. The second-order valence-electron chi connectivity index (χ2n) is 4.24. The Kier molecular flexibility index (Phi) is 3.81. The standard InChI is InChI=1S/C14H14ClNO3/c1-9-5-12(17)7-14(18)16(9)8-10-6-11(15)3-4-13(10)19-2/h3-7,17H,8H2,1-2H3. The van der Waals surface area contributed by atoms with Gasteiger partial charge in [-0.1, -0.05) is 11.6 Å². The fourth-order valence-electron chi connectivity index (χ4n) is 1.96. The number of methoxy groups -OCH3 is 1. The van der Waals surface area contributed by atoms with Gasteiger partial charge in [0.05, 0.1) is 13.7 Å². The average molecular weight is 280 g/mol. The van der Waals surface area contributed by atoms with Crippen LogP contribution in [0.5, 0.6) is 11.5 Å². The summed E-state index contributed by atoms with van der Waals surface area (Å²) in [5.74, 6) is 0.639. The average Bonchev–Trinajstić information content (AvgIpc) is 2.34. The van der Waals surface area contributed by atoms with E-state index in [9.17, 15) is 9.90 Å². The molecule has 0 aliphatic carbocycles. The summed E-state index contributed by atoms with van der Waals surface area (Å²) in [4.78, 5) is 11.9. The molecule has 0 fully saturated rings. The molecule has 0 saturated carbocycles. The summed E-state index contributed by atoms with van der Waals surface area (Å²) in [5, 5.41) is 9.95. The first-order valence-electron chi connectivity index (χ1n) is 5.74. The van der Waals surface area contributed by atoms with Gasteiger partial charge in [0.25, 0.3) is 5.56 Å². The van der Waals surface area contributed by atoms with Gasteiger partial charge in [-0.3, -0.25) is 4.79 Å². The van der Waals surface area contributed by atoms with E-state index >= 15 is 0 Å². The summed E-state index contributed by atoms with van der Waals surface area (Å²) in [7, 11) is 1.57. The topological polar surface area (TPSA) is 51.5 Å². The van der Waals surface area contributed by atoms with E-state index in [1.165, 1.54) is 6.07 Å². The second kappa shape index (κ2) is 5.36. The Morgan fingerprint density at radius 1 is 1.32 bits per heavy atom. The van der Waals surface area contributed by atoms with Crippen LogP contribution in [0.4, 0.5) is 0 Å². The number of aryl methyl sites for hydroxylation is 1. The maximum absolute atomic E-state index is 11.9. The van der Waals surface area contributed by atoms with Crippen molar-refractivity contribution in [3.8, 4) is 11.5 Å². The summed E-state index contributed by atoms with van der Waals surface area (Å²) in [6.07, 6.45) is 0. The quantitative estimate of drug-likeness (QED) is 0.939. The van der Waals surface area contributed by atoms with E-state index in [1.807, 2.05) is 0 Å². The molecule has 0 atom stereocenters. The van der Waals surface area contributed by atoms with Gasteiger partial charge in [0.15, 0.2) is 0 Å². The Labute approximate surface area is 115 Å². The Morgan fingerprint density at radius 2 is 2.05 bits per heavy atom. The number of hydrogen-bond acceptors (Lipinski definition) is 3. The molecule has 0 radical (unpaired) electrons. The van der Waals surface area contributed by atoms with E-state index < -0.39 is 0 Å². The van der Waals surface area contributed by atoms with Crippen molar-refractivity contribution in [3.05, 3.63) is 57.0 Å². The molecule has 5 heteroatoms. The molecule has 0 saturated heterocycles. The zero-order valence-corrected chi connectivity index (χ0v) is 11.4. The van der Waals surface area contributed by atoms with Gasteiger partial charge in [-0.15, -0.1) is 0 Å². The minimum absolute atomic E-state index is 0.0307. The fourth-order valence-corrected chi connectivity index (χ4v) is 2.15. The van der Waals surface area contributed by atoms with Gasteiger partial charge in [0.2, 0.25) is 0 Å². The molecule has 1 aromatic heterocycles. The van der Waals surface area contributed by atoms with E-state index in [4.69, 9.17) is 16.3 Å². The fraction of sp³-hybridized carbons (Fsp3) is 0.214. The maximum atomic E-state index is 11.9. The van der Waals surface area contributed by atoms with Crippen molar-refractivity contribution in [2.24, 2.45) is 0 Å². The van der Waals surface area contributed by atoms with E-state index in [1.54, 1.807) is 42.9 Å². The van der Waals surface area contributed by atoms with Crippen molar-refractivity contribution in [2.75, 3.05) is 7.11 Å². The van der Waals surface area contributed by atoms with Crippen LogP contribution in [0.2, 0.25) is 5.02 Å². The number of aromatic nitrogens is 1. The molecule has 0 aliphatic heterocycles. The molecule has 1 heterocycles. The molecule has 1 N–H and O–H groups in total. The molecule has 19 heavy (non-hydrogen) atoms. The van der Waals surface area contributed by atoms with Gasteiger partial charge in [-0.05, 0) is 31.2 Å². The Hall–Kier alpha value is -1.94. The number of halogens is 1. The third-order valence-electron chi connectivity index (χ3n) is 2.89. The predicted molar refractivity (Wildman–Crippen MR) is 74.2 cm³/mol. The maximum Gasteiger partial charge on any atom is 0.254 e. The lowest BCUT2D eigenvalue weighted by Gasteiger charge is -2.13. The second-order valence-corrected chi connectivity index (χ2v) is 4.67. The van der Waals surface area contributed by atoms with E-state index in [2.05, 4.69) is 0 Å². The van der Waals surface area contributed by atoms with E-state index in [-0.39, 0.29) is 11.3 Å². The van der Waals surface area contributed by atoms with E-state index in [0.717, 1.165) is 5.56 Å². The largest absolute Gasteiger partial charge is 0.508 e. The summed E-state index contributed by atoms with van der Waals surface area (Å²) >= 11 is 5.96. The summed E-state index contributed by atoms with van der Waals surface area (Å²) in [6, 6.07) is 7.98. The van der Waals surface area contributed by atoms with Crippen molar-refractivity contribution in [1.82, 2.24) is 4.57 Å². The number of pyridine rings is 1. The lowest BCUT2D eigenvalue weighted by atomic mass is 10.2. The van der Waals surface area contributed by atoms with Gasteiger partial charge >= 0.3 is 0 Å². The monoisotopic (exact) mass is 279 g/mol. The first kappa shape index (κ1) is 13.5. The van der Waals surface area contributed by atoms with Crippen molar-refractivity contribution in [1.29, 1.82) is 0 Å². The van der Waals surface area contributed by atoms with Gasteiger partial charge in [0, 0.05) is 22.3 Å². The minimum atomic E-state index is -0.264. The normalized spacial score (nSPS) is 10.5. The van der Waals surface area contributed by atoms with Gasteiger partial charge in [-0.25, -0.2) is 0 Å². The molecule has 2 rings (SSSR count). The lowest BCUT2D eigenvalue weighted by Crippen LogP contribution is -2.21. The third-order valence-corrected chi connectivity index (χ3v) is 3.13. The van der Waals surface area contributed by atoms with Crippen LogP contribution in [-0.4, -0.2) is 16.8 Å². The molecule has 100 valence electrons. The van der Waals surface area contributed by atoms with Crippen molar-refractivity contribution in [3.63, 3.8) is 0 Å². The van der Waals surface area contributed by atoms with Crippen LogP contribution in [-0.2, 0) is 6.54 Å². The summed E-state index contributed by atoms with van der Waals surface area (Å²) < 4.78 is 6.80. The van der Waals surface area contributed by atoms with Crippen LogP contribution >= 0.6 is 11.6 Å². The van der Waals surface area contributed by atoms with Crippen LogP contribution in [0, 0.1) is 6.92 Å². The number of ether oxygens (including phenoxy) is 1. The van der Waals surface area contributed by atoms with Gasteiger partial charge in [-0.2, -0.15) is 0 Å². The number of hydrogen-bond donors (Lipinski definition) is 1. The molecule has 0 amide bonds. The molecule has 2 aromatic rings. The first-order chi connectivity index (χ1) is 9.01. The van der Waals surface area contributed by atoms with Crippen molar-refractivity contribution in [2.45, 2.75) is 13.5 Å². The highest BCUT2D eigenvalue weighted by molar-refractivity contribution is 6.30. The summed E-state index contributed by atoms with van der Waals surface area (Å²) in [5.41, 5.74) is 1.22. The smallest absolute Gasteiger partial charge is 0.254 e. The number of aromatic hydroxyl groups is 1. The van der Waals surface area contributed by atoms with Gasteiger partial charge < -0.3 is 14.4 Å². The van der Waals surface area contributed by atoms with Crippen LogP contribution < -0.4 is 10.3 Å².